The first-order valence-electron chi connectivity index (χ1n) is 8.21. The van der Waals surface area contributed by atoms with Crippen LogP contribution < -0.4 is 10.6 Å². The monoisotopic (exact) mass is 423 g/mol. The molecule has 1 unspecified atom stereocenters. The molecule has 0 aromatic rings. The Hall–Kier alpha value is -0.570. The van der Waals surface area contributed by atoms with Crippen LogP contribution in [0.3, 0.4) is 0 Å². The number of amides is 1. The molecule has 0 aromatic heterocycles. The van der Waals surface area contributed by atoms with Crippen molar-refractivity contribution in [2.75, 3.05) is 46.3 Å². The lowest BCUT2D eigenvalue weighted by molar-refractivity contribution is -0.128. The van der Waals surface area contributed by atoms with Gasteiger partial charge in [-0.25, -0.2) is 4.99 Å². The van der Waals surface area contributed by atoms with E-state index >= 15 is 0 Å². The lowest BCUT2D eigenvalue weighted by Gasteiger charge is -2.21. The molecule has 2 saturated heterocycles. The number of likely N-dealkylation sites (N-methyl/N-ethyl adjacent to an activating group) is 1. The van der Waals surface area contributed by atoms with Crippen LogP contribution in [0.4, 0.5) is 0 Å². The Balaban J connectivity index is 0.00000242. The molecule has 6 nitrogen and oxygen atoms in total. The molecule has 1 atom stereocenters. The van der Waals surface area contributed by atoms with Crippen molar-refractivity contribution in [2.45, 2.75) is 38.6 Å². The molecule has 2 N–H and O–H groups in total. The van der Waals surface area contributed by atoms with Gasteiger partial charge in [0.25, 0.3) is 0 Å². The predicted octanol–water partition coefficient (Wildman–Crippen LogP) is 0.876. The number of carbonyl (C=O) groups is 1. The summed E-state index contributed by atoms with van der Waals surface area (Å²) in [4.78, 5) is 20.7. The minimum absolute atomic E-state index is 0. The Morgan fingerprint density at radius 3 is 2.50 bits per heavy atom. The number of rotatable bonds is 5. The third-order valence-electron chi connectivity index (χ3n) is 4.35. The van der Waals surface area contributed by atoms with Gasteiger partial charge in [-0.05, 0) is 46.2 Å². The molecule has 2 aliphatic heterocycles. The summed E-state index contributed by atoms with van der Waals surface area (Å²) in [5, 5.41) is 6.58. The van der Waals surface area contributed by atoms with Crippen molar-refractivity contribution in [3.63, 3.8) is 0 Å². The topological polar surface area (TPSA) is 60.0 Å². The van der Waals surface area contributed by atoms with Gasteiger partial charge in [-0.1, -0.05) is 0 Å². The highest BCUT2D eigenvalue weighted by molar-refractivity contribution is 14.0. The molecule has 2 aliphatic rings. The number of halogens is 1. The van der Waals surface area contributed by atoms with Gasteiger partial charge < -0.3 is 20.4 Å². The highest BCUT2D eigenvalue weighted by Crippen LogP contribution is 2.13. The number of nitrogens with one attached hydrogen (secondary N) is 2. The predicted molar refractivity (Wildman–Crippen MR) is 101 cm³/mol. The fourth-order valence-electron chi connectivity index (χ4n) is 3.01. The van der Waals surface area contributed by atoms with Gasteiger partial charge >= 0.3 is 0 Å². The van der Waals surface area contributed by atoms with Crippen molar-refractivity contribution in [1.29, 1.82) is 0 Å². The summed E-state index contributed by atoms with van der Waals surface area (Å²) in [6, 6.07) is 0.572. The zero-order valence-electron chi connectivity index (χ0n) is 13.8. The standard InChI is InChI=1S/C15H29N5O.HI/c1-3-16-15(17-11-13-7-6-8-19(13)2)18-12-14(21)20-9-4-5-10-20;/h13H,3-12H2,1-2H3,(H2,16,17,18);1H. The Bertz CT molecular complexity index is 371. The Labute approximate surface area is 151 Å². The van der Waals surface area contributed by atoms with Crippen LogP contribution >= 0.6 is 24.0 Å². The van der Waals surface area contributed by atoms with Crippen LogP contribution in [0, 0.1) is 0 Å². The van der Waals surface area contributed by atoms with E-state index in [0.29, 0.717) is 6.04 Å². The molecule has 128 valence electrons. The Morgan fingerprint density at radius 2 is 1.91 bits per heavy atom. The number of guanidine groups is 1. The molecule has 0 radical (unpaired) electrons. The summed E-state index contributed by atoms with van der Waals surface area (Å²) < 4.78 is 0. The molecular formula is C15H30IN5O. The van der Waals surface area contributed by atoms with Crippen molar-refractivity contribution in [2.24, 2.45) is 4.99 Å². The normalized spacial score (nSPS) is 22.5. The molecule has 0 aromatic carbocycles. The average molecular weight is 423 g/mol. The Kier molecular flexibility index (Phi) is 9.08. The smallest absolute Gasteiger partial charge is 0.244 e. The highest BCUT2D eigenvalue weighted by Gasteiger charge is 2.21. The number of carbonyl (C=O) groups excluding carboxylic acids is 1. The van der Waals surface area contributed by atoms with Crippen LogP contribution in [0.25, 0.3) is 0 Å². The van der Waals surface area contributed by atoms with Gasteiger partial charge in [0.2, 0.25) is 5.91 Å². The maximum Gasteiger partial charge on any atom is 0.244 e. The fourth-order valence-corrected chi connectivity index (χ4v) is 3.01. The van der Waals surface area contributed by atoms with E-state index < -0.39 is 0 Å². The van der Waals surface area contributed by atoms with E-state index in [2.05, 4.69) is 27.6 Å². The molecule has 0 aliphatic carbocycles. The number of nitrogens with zero attached hydrogens (tertiary/aromatic N) is 3. The minimum Gasteiger partial charge on any atom is -0.357 e. The van der Waals surface area contributed by atoms with Crippen molar-refractivity contribution >= 4 is 35.8 Å². The fraction of sp³-hybridized carbons (Fsp3) is 0.867. The van der Waals surface area contributed by atoms with Gasteiger partial charge in [-0.3, -0.25) is 4.79 Å². The first kappa shape index (κ1) is 19.5. The van der Waals surface area contributed by atoms with Crippen LogP contribution in [0.15, 0.2) is 4.99 Å². The minimum atomic E-state index is 0. The molecule has 1 amide bonds. The van der Waals surface area contributed by atoms with Gasteiger partial charge in [0, 0.05) is 32.2 Å². The quantitative estimate of drug-likeness (QED) is 0.392. The van der Waals surface area contributed by atoms with E-state index in [1.54, 1.807) is 0 Å². The van der Waals surface area contributed by atoms with Crippen molar-refractivity contribution < 1.29 is 4.79 Å². The van der Waals surface area contributed by atoms with Gasteiger partial charge in [0.1, 0.15) is 6.54 Å². The van der Waals surface area contributed by atoms with Gasteiger partial charge in [-0.15, -0.1) is 24.0 Å². The van der Waals surface area contributed by atoms with E-state index in [-0.39, 0.29) is 36.4 Å². The highest BCUT2D eigenvalue weighted by atomic mass is 127. The zero-order valence-corrected chi connectivity index (χ0v) is 16.1. The van der Waals surface area contributed by atoms with Gasteiger partial charge in [0.15, 0.2) is 5.96 Å². The third-order valence-corrected chi connectivity index (χ3v) is 4.35. The second-order valence-corrected chi connectivity index (χ2v) is 5.94. The van der Waals surface area contributed by atoms with E-state index in [0.717, 1.165) is 45.0 Å². The third kappa shape index (κ3) is 5.91. The van der Waals surface area contributed by atoms with E-state index in [1.807, 2.05) is 11.8 Å². The zero-order chi connectivity index (χ0) is 15.1. The molecule has 0 saturated carbocycles. The first-order valence-corrected chi connectivity index (χ1v) is 8.21. The van der Waals surface area contributed by atoms with Crippen LogP contribution in [0.2, 0.25) is 0 Å². The van der Waals surface area contributed by atoms with Crippen LogP contribution in [-0.4, -0.2) is 74.0 Å². The maximum absolute atomic E-state index is 12.0. The number of hydrogen-bond donors (Lipinski definition) is 2. The van der Waals surface area contributed by atoms with Crippen molar-refractivity contribution in [1.82, 2.24) is 20.4 Å². The van der Waals surface area contributed by atoms with Crippen LogP contribution in [-0.2, 0) is 4.79 Å². The SMILES string of the molecule is CCNC(=NCC(=O)N1CCCC1)NCC1CCCN1C.I. The molecule has 22 heavy (non-hydrogen) atoms. The largest absolute Gasteiger partial charge is 0.357 e. The summed E-state index contributed by atoms with van der Waals surface area (Å²) in [6.45, 7) is 6.95. The summed E-state index contributed by atoms with van der Waals surface area (Å²) in [5.41, 5.74) is 0. The van der Waals surface area contributed by atoms with E-state index in [1.165, 1.54) is 19.4 Å². The molecule has 2 heterocycles. The lowest BCUT2D eigenvalue weighted by Crippen LogP contribution is -2.44. The Morgan fingerprint density at radius 1 is 1.18 bits per heavy atom. The summed E-state index contributed by atoms with van der Waals surface area (Å²) in [7, 11) is 2.17. The number of hydrogen-bond acceptors (Lipinski definition) is 3. The van der Waals surface area contributed by atoms with Crippen LogP contribution in [0.1, 0.15) is 32.6 Å². The molecule has 0 spiro atoms. The molecule has 2 fully saturated rings. The van der Waals surface area contributed by atoms with Gasteiger partial charge in [-0.2, -0.15) is 0 Å². The molecular weight excluding hydrogens is 393 g/mol. The summed E-state index contributed by atoms with van der Waals surface area (Å²) in [6.07, 6.45) is 4.75. The maximum atomic E-state index is 12.0. The average Bonchev–Trinajstić information content (AvgIpc) is 3.13. The molecule has 0 bridgehead atoms. The molecule has 2 rings (SSSR count). The molecule has 7 heteroatoms. The lowest BCUT2D eigenvalue weighted by atomic mass is 10.2. The second-order valence-electron chi connectivity index (χ2n) is 5.94. The summed E-state index contributed by atoms with van der Waals surface area (Å²) in [5.74, 6) is 0.896. The second kappa shape index (κ2) is 10.3. The number of aliphatic imine (C=N–C) groups is 1. The summed E-state index contributed by atoms with van der Waals surface area (Å²) >= 11 is 0. The van der Waals surface area contributed by atoms with Gasteiger partial charge in [0.05, 0.1) is 0 Å². The first-order chi connectivity index (χ1) is 10.2. The van der Waals surface area contributed by atoms with E-state index in [9.17, 15) is 4.79 Å². The van der Waals surface area contributed by atoms with Crippen LogP contribution in [0.5, 0.6) is 0 Å². The number of likely N-dealkylation sites (tertiary alicyclic amines) is 2. The van der Waals surface area contributed by atoms with Crippen molar-refractivity contribution in [3.05, 3.63) is 0 Å². The van der Waals surface area contributed by atoms with Crippen molar-refractivity contribution in [3.8, 4) is 0 Å². The van der Waals surface area contributed by atoms with E-state index in [4.69, 9.17) is 0 Å².